The lowest BCUT2D eigenvalue weighted by atomic mass is 10.7. The zero-order valence-electron chi connectivity index (χ0n) is 8.69. The van der Waals surface area contributed by atoms with Gasteiger partial charge < -0.3 is 10.1 Å². The van der Waals surface area contributed by atoms with E-state index in [0.29, 0.717) is 17.6 Å². The van der Waals surface area contributed by atoms with Gasteiger partial charge in [-0.1, -0.05) is 35.6 Å². The van der Waals surface area contributed by atoms with Gasteiger partial charge in [0, 0.05) is 11.0 Å². The molecule has 0 aliphatic rings. The summed E-state index contributed by atoms with van der Waals surface area (Å²) in [6, 6.07) is 0. The van der Waals surface area contributed by atoms with Crippen LogP contribution in [0.2, 0.25) is 19.6 Å². The van der Waals surface area contributed by atoms with Crippen molar-refractivity contribution in [2.24, 2.45) is 0 Å². The fraction of sp³-hybridized carbons (Fsp3) is 0.875. The molecule has 1 atom stereocenters. The van der Waals surface area contributed by atoms with Gasteiger partial charge in [0.15, 0.2) is 0 Å². The summed E-state index contributed by atoms with van der Waals surface area (Å²) in [5, 5.41) is 2.72. The molecule has 0 rings (SSSR count). The van der Waals surface area contributed by atoms with Crippen LogP contribution in [0.3, 0.4) is 0 Å². The summed E-state index contributed by atoms with van der Waals surface area (Å²) in [5.74, 6) is 0. The molecule has 0 radical (unpaired) electrons. The van der Waals surface area contributed by atoms with E-state index in [-0.39, 0.29) is 6.09 Å². The molecule has 13 heavy (non-hydrogen) atoms. The fourth-order valence-corrected chi connectivity index (χ4v) is 1.54. The Morgan fingerprint density at radius 2 is 2.08 bits per heavy atom. The van der Waals surface area contributed by atoms with Crippen molar-refractivity contribution in [3.05, 3.63) is 0 Å². The summed E-state index contributed by atoms with van der Waals surface area (Å²) in [7, 11) is -1.20. The minimum absolute atomic E-state index is 0.329. The number of hydrogen-bond donors (Lipinski definition) is 1. The number of halogens is 1. The Labute approximate surface area is 89.4 Å². The number of hydrogen-bond acceptors (Lipinski definition) is 2. The third kappa shape index (κ3) is 6.09. The smallest absolute Gasteiger partial charge is 0.407 e. The lowest BCUT2D eigenvalue weighted by molar-refractivity contribution is 0.152. The quantitative estimate of drug-likeness (QED) is 0.628. The van der Waals surface area contributed by atoms with Crippen molar-refractivity contribution in [1.82, 2.24) is 5.32 Å². The lowest BCUT2D eigenvalue weighted by Crippen LogP contribution is -2.42. The molecule has 3 nitrogen and oxygen atoms in total. The predicted octanol–water partition coefficient (Wildman–Crippen LogP) is 2.37. The van der Waals surface area contributed by atoms with Gasteiger partial charge in [0.25, 0.3) is 0 Å². The Bertz CT molecular complexity index is 170. The molecule has 0 aromatic carbocycles. The van der Waals surface area contributed by atoms with Gasteiger partial charge in [0.2, 0.25) is 0 Å². The molecule has 0 saturated heterocycles. The molecule has 5 heteroatoms. The SMILES string of the molecule is CCOC(=O)NCC(Br)[Si](C)(C)C. The zero-order chi connectivity index (χ0) is 10.5. The molecular formula is C8H18BrNO2Si. The maximum Gasteiger partial charge on any atom is 0.407 e. The van der Waals surface area contributed by atoms with E-state index >= 15 is 0 Å². The molecule has 1 unspecified atom stereocenters. The van der Waals surface area contributed by atoms with Gasteiger partial charge in [-0.15, -0.1) is 0 Å². The Kier molecular flexibility index (Phi) is 5.63. The van der Waals surface area contributed by atoms with Crippen molar-refractivity contribution >= 4 is 30.1 Å². The van der Waals surface area contributed by atoms with E-state index in [4.69, 9.17) is 4.74 Å². The van der Waals surface area contributed by atoms with Gasteiger partial charge >= 0.3 is 6.09 Å². The third-order valence-electron chi connectivity index (χ3n) is 1.64. The number of rotatable bonds is 4. The average molecular weight is 268 g/mol. The van der Waals surface area contributed by atoms with E-state index < -0.39 is 8.07 Å². The second-order valence-corrected chi connectivity index (χ2v) is 11.3. The van der Waals surface area contributed by atoms with Crippen LogP contribution in [0.5, 0.6) is 0 Å². The molecule has 0 heterocycles. The van der Waals surface area contributed by atoms with E-state index in [1.54, 1.807) is 6.92 Å². The first-order chi connectivity index (χ1) is 5.88. The summed E-state index contributed by atoms with van der Waals surface area (Å²) < 4.78 is 5.14. The van der Waals surface area contributed by atoms with Crippen LogP contribution in [-0.2, 0) is 4.74 Å². The minimum Gasteiger partial charge on any atom is -0.450 e. The van der Waals surface area contributed by atoms with E-state index in [1.807, 2.05) is 0 Å². The molecule has 1 N–H and O–H groups in total. The molecule has 0 aliphatic heterocycles. The van der Waals surface area contributed by atoms with E-state index in [1.165, 1.54) is 0 Å². The molecule has 0 aliphatic carbocycles. The number of amides is 1. The number of alkyl carbamates (subject to hydrolysis) is 1. The van der Waals surface area contributed by atoms with Crippen molar-refractivity contribution in [1.29, 1.82) is 0 Å². The molecule has 0 spiro atoms. The molecule has 1 amide bonds. The minimum atomic E-state index is -1.20. The highest BCUT2D eigenvalue weighted by Crippen LogP contribution is 2.14. The number of carbonyl (C=O) groups excluding carboxylic acids is 1. The molecule has 0 bridgehead atoms. The third-order valence-corrected chi connectivity index (χ3v) is 8.17. The second-order valence-electron chi connectivity index (χ2n) is 3.93. The average Bonchev–Trinajstić information content (AvgIpc) is 1.99. The van der Waals surface area contributed by atoms with Crippen LogP contribution in [0, 0.1) is 0 Å². The van der Waals surface area contributed by atoms with Gasteiger partial charge in [0.05, 0.1) is 14.7 Å². The molecule has 78 valence electrons. The van der Waals surface area contributed by atoms with Gasteiger partial charge in [-0.3, -0.25) is 0 Å². The van der Waals surface area contributed by atoms with Crippen LogP contribution < -0.4 is 5.32 Å². The lowest BCUT2D eigenvalue weighted by Gasteiger charge is -2.23. The Balaban J connectivity index is 3.70. The van der Waals surface area contributed by atoms with Crippen LogP contribution in [0.25, 0.3) is 0 Å². The normalized spacial score (nSPS) is 13.6. The second kappa shape index (κ2) is 5.65. The highest BCUT2D eigenvalue weighted by molar-refractivity contribution is 9.10. The Morgan fingerprint density at radius 1 is 1.54 bits per heavy atom. The first kappa shape index (κ1) is 13.0. The molecule has 0 aromatic heterocycles. The summed E-state index contributed by atoms with van der Waals surface area (Å²) in [6.45, 7) is 9.61. The van der Waals surface area contributed by atoms with Crippen molar-refractivity contribution in [3.63, 3.8) is 0 Å². The fourth-order valence-electron chi connectivity index (χ4n) is 0.661. The van der Waals surface area contributed by atoms with Crippen molar-refractivity contribution < 1.29 is 9.53 Å². The van der Waals surface area contributed by atoms with Gasteiger partial charge in [-0.2, -0.15) is 0 Å². The van der Waals surface area contributed by atoms with Crippen LogP contribution in [-0.4, -0.2) is 31.8 Å². The summed E-state index contributed by atoms with van der Waals surface area (Å²) in [5.41, 5.74) is 0. The van der Waals surface area contributed by atoms with Crippen LogP contribution in [0.4, 0.5) is 4.79 Å². The highest BCUT2D eigenvalue weighted by Gasteiger charge is 2.24. The van der Waals surface area contributed by atoms with Crippen LogP contribution >= 0.6 is 15.9 Å². The Hall–Kier alpha value is -0.0331. The summed E-state index contributed by atoms with van der Waals surface area (Å²) >= 11 is 3.57. The monoisotopic (exact) mass is 267 g/mol. The Morgan fingerprint density at radius 3 is 2.46 bits per heavy atom. The van der Waals surface area contributed by atoms with Crippen LogP contribution in [0.1, 0.15) is 6.92 Å². The maximum absolute atomic E-state index is 10.9. The number of ether oxygens (including phenoxy) is 1. The largest absolute Gasteiger partial charge is 0.450 e. The van der Waals surface area contributed by atoms with Crippen LogP contribution in [0.15, 0.2) is 0 Å². The summed E-state index contributed by atoms with van der Waals surface area (Å²) in [4.78, 5) is 10.9. The van der Waals surface area contributed by atoms with Crippen molar-refractivity contribution in [2.45, 2.75) is 31.0 Å². The number of alkyl halides is 1. The number of nitrogens with one attached hydrogen (secondary N) is 1. The van der Waals surface area contributed by atoms with E-state index in [9.17, 15) is 4.79 Å². The van der Waals surface area contributed by atoms with Crippen molar-refractivity contribution in [3.8, 4) is 0 Å². The van der Waals surface area contributed by atoms with Gasteiger partial charge in [-0.05, 0) is 6.92 Å². The maximum atomic E-state index is 10.9. The standard InChI is InChI=1S/C8H18BrNO2Si/c1-5-12-8(11)10-6-7(9)13(2,3)4/h7H,5-6H2,1-4H3,(H,10,11). The molecular weight excluding hydrogens is 250 g/mol. The predicted molar refractivity (Wildman–Crippen MR) is 61.1 cm³/mol. The summed E-state index contributed by atoms with van der Waals surface area (Å²) in [6.07, 6.45) is -0.329. The molecule has 0 saturated carbocycles. The van der Waals surface area contributed by atoms with Crippen molar-refractivity contribution in [2.75, 3.05) is 13.2 Å². The van der Waals surface area contributed by atoms with E-state index in [2.05, 4.69) is 40.9 Å². The highest BCUT2D eigenvalue weighted by atomic mass is 79.9. The zero-order valence-corrected chi connectivity index (χ0v) is 11.3. The van der Waals surface area contributed by atoms with Gasteiger partial charge in [0.1, 0.15) is 0 Å². The van der Waals surface area contributed by atoms with E-state index in [0.717, 1.165) is 0 Å². The molecule has 0 aromatic rings. The number of carbonyl (C=O) groups is 1. The first-order valence-electron chi connectivity index (χ1n) is 4.42. The molecule has 0 fully saturated rings. The topological polar surface area (TPSA) is 38.3 Å². The van der Waals surface area contributed by atoms with Gasteiger partial charge in [-0.25, -0.2) is 4.79 Å². The first-order valence-corrected chi connectivity index (χ1v) is 8.92.